The predicted octanol–water partition coefficient (Wildman–Crippen LogP) is 1.92. The maximum Gasteiger partial charge on any atom is 0.119 e. The monoisotopic (exact) mass is 221 g/mol. The molecule has 1 saturated heterocycles. The van der Waals surface area contributed by atoms with Crippen molar-refractivity contribution in [3.63, 3.8) is 0 Å². The molecule has 0 aliphatic carbocycles. The summed E-state index contributed by atoms with van der Waals surface area (Å²) in [4.78, 5) is 2.25. The van der Waals surface area contributed by atoms with Crippen molar-refractivity contribution >= 4 is 0 Å². The topological polar surface area (TPSA) is 21.7 Å². The van der Waals surface area contributed by atoms with Gasteiger partial charge in [0.05, 0.1) is 19.3 Å². The molecule has 3 heteroatoms. The van der Waals surface area contributed by atoms with Crippen molar-refractivity contribution in [3.05, 3.63) is 29.8 Å². The lowest BCUT2D eigenvalue weighted by molar-refractivity contribution is -0.0518. The fraction of sp³-hybridized carbons (Fsp3) is 0.538. The molecule has 0 unspecified atom stereocenters. The highest BCUT2D eigenvalue weighted by atomic mass is 16.5. The van der Waals surface area contributed by atoms with Crippen LogP contribution in [0.3, 0.4) is 0 Å². The van der Waals surface area contributed by atoms with E-state index in [2.05, 4.69) is 24.1 Å². The van der Waals surface area contributed by atoms with Crippen molar-refractivity contribution in [1.82, 2.24) is 4.90 Å². The van der Waals surface area contributed by atoms with Crippen LogP contribution in [-0.4, -0.2) is 37.7 Å². The van der Waals surface area contributed by atoms with Crippen molar-refractivity contribution in [2.75, 3.05) is 26.7 Å². The summed E-state index contributed by atoms with van der Waals surface area (Å²) in [6, 6.07) is 8.12. The Labute approximate surface area is 97.0 Å². The van der Waals surface area contributed by atoms with Crippen LogP contribution in [0.5, 0.6) is 5.75 Å². The minimum absolute atomic E-state index is 0.413. The van der Waals surface area contributed by atoms with Crippen molar-refractivity contribution in [2.45, 2.75) is 19.6 Å². The first-order chi connectivity index (χ1) is 7.78. The highest BCUT2D eigenvalue weighted by Crippen LogP contribution is 2.15. The van der Waals surface area contributed by atoms with Gasteiger partial charge in [0.2, 0.25) is 0 Å². The fourth-order valence-electron chi connectivity index (χ4n) is 1.81. The molecule has 0 amide bonds. The second-order valence-corrected chi connectivity index (χ2v) is 4.23. The quantitative estimate of drug-likeness (QED) is 0.758. The van der Waals surface area contributed by atoms with E-state index in [1.54, 1.807) is 0 Å². The second-order valence-electron chi connectivity index (χ2n) is 4.23. The average molecular weight is 221 g/mol. The lowest BCUT2D eigenvalue weighted by Crippen LogP contribution is -2.49. The van der Waals surface area contributed by atoms with Crippen LogP contribution in [-0.2, 0) is 11.3 Å². The molecule has 0 spiro atoms. The fourth-order valence-corrected chi connectivity index (χ4v) is 1.81. The highest BCUT2D eigenvalue weighted by molar-refractivity contribution is 5.26. The van der Waals surface area contributed by atoms with Crippen LogP contribution in [0.25, 0.3) is 0 Å². The van der Waals surface area contributed by atoms with Crippen molar-refractivity contribution in [1.29, 1.82) is 0 Å². The van der Waals surface area contributed by atoms with E-state index in [4.69, 9.17) is 9.47 Å². The van der Waals surface area contributed by atoms with Crippen molar-refractivity contribution in [3.8, 4) is 5.75 Å². The van der Waals surface area contributed by atoms with Crippen LogP contribution in [0, 0.1) is 0 Å². The molecular formula is C13H19NO2. The van der Waals surface area contributed by atoms with E-state index in [-0.39, 0.29) is 0 Å². The number of hydrogen-bond acceptors (Lipinski definition) is 3. The molecule has 1 aromatic rings. The SMILES string of the molecule is CCOc1ccc(COC2CN(C)C2)cc1. The Balaban J connectivity index is 1.76. The number of likely N-dealkylation sites (N-methyl/N-ethyl adjacent to an activating group) is 1. The van der Waals surface area contributed by atoms with E-state index in [9.17, 15) is 0 Å². The van der Waals surface area contributed by atoms with Gasteiger partial charge in [-0.2, -0.15) is 0 Å². The molecule has 0 saturated carbocycles. The third kappa shape index (κ3) is 2.97. The van der Waals surface area contributed by atoms with Crippen LogP contribution in [0.4, 0.5) is 0 Å². The standard InChI is InChI=1S/C13H19NO2/c1-3-15-12-6-4-11(5-7-12)10-16-13-8-14(2)9-13/h4-7,13H,3,8-10H2,1-2H3. The molecule has 1 aliphatic heterocycles. The number of nitrogens with zero attached hydrogens (tertiary/aromatic N) is 1. The minimum atomic E-state index is 0.413. The van der Waals surface area contributed by atoms with Crippen LogP contribution in [0.1, 0.15) is 12.5 Å². The maximum atomic E-state index is 5.75. The maximum absolute atomic E-state index is 5.75. The Morgan fingerprint density at radius 3 is 2.50 bits per heavy atom. The van der Waals surface area contributed by atoms with Crippen molar-refractivity contribution in [2.24, 2.45) is 0 Å². The average Bonchev–Trinajstić information content (AvgIpc) is 2.25. The van der Waals surface area contributed by atoms with E-state index < -0.39 is 0 Å². The van der Waals surface area contributed by atoms with Crippen LogP contribution in [0.2, 0.25) is 0 Å². The number of hydrogen-bond donors (Lipinski definition) is 0. The van der Waals surface area contributed by atoms with Gasteiger partial charge in [-0.15, -0.1) is 0 Å². The van der Waals surface area contributed by atoms with Gasteiger partial charge in [-0.3, -0.25) is 0 Å². The molecular weight excluding hydrogens is 202 g/mol. The summed E-state index contributed by atoms with van der Waals surface area (Å²) in [5, 5.41) is 0. The van der Waals surface area contributed by atoms with Gasteiger partial charge in [-0.1, -0.05) is 12.1 Å². The van der Waals surface area contributed by atoms with Gasteiger partial charge in [0.1, 0.15) is 5.75 Å². The zero-order valence-electron chi connectivity index (χ0n) is 9.98. The zero-order valence-corrected chi connectivity index (χ0v) is 9.98. The van der Waals surface area contributed by atoms with Gasteiger partial charge >= 0.3 is 0 Å². The second kappa shape index (κ2) is 5.32. The van der Waals surface area contributed by atoms with Gasteiger partial charge in [0.15, 0.2) is 0 Å². The number of likely N-dealkylation sites (tertiary alicyclic amines) is 1. The Bertz CT molecular complexity index is 317. The molecule has 0 aromatic heterocycles. The first-order valence-corrected chi connectivity index (χ1v) is 5.80. The van der Waals surface area contributed by atoms with Crippen molar-refractivity contribution < 1.29 is 9.47 Å². The Kier molecular flexibility index (Phi) is 3.80. The number of benzene rings is 1. The summed E-state index contributed by atoms with van der Waals surface area (Å²) in [7, 11) is 2.11. The predicted molar refractivity (Wildman–Crippen MR) is 63.7 cm³/mol. The lowest BCUT2D eigenvalue weighted by Gasteiger charge is -2.35. The van der Waals surface area contributed by atoms with Gasteiger partial charge < -0.3 is 14.4 Å². The van der Waals surface area contributed by atoms with E-state index in [0.29, 0.717) is 19.3 Å². The van der Waals surface area contributed by atoms with Gasteiger partial charge in [-0.25, -0.2) is 0 Å². The van der Waals surface area contributed by atoms with E-state index in [1.165, 1.54) is 5.56 Å². The molecule has 0 radical (unpaired) electrons. The first kappa shape index (κ1) is 11.4. The molecule has 0 bridgehead atoms. The Morgan fingerprint density at radius 1 is 1.25 bits per heavy atom. The van der Waals surface area contributed by atoms with E-state index >= 15 is 0 Å². The molecule has 1 heterocycles. The number of ether oxygens (including phenoxy) is 2. The van der Waals surface area contributed by atoms with Gasteiger partial charge in [-0.05, 0) is 31.7 Å². The Morgan fingerprint density at radius 2 is 1.94 bits per heavy atom. The van der Waals surface area contributed by atoms with Crippen LogP contribution >= 0.6 is 0 Å². The molecule has 16 heavy (non-hydrogen) atoms. The smallest absolute Gasteiger partial charge is 0.119 e. The van der Waals surface area contributed by atoms with Crippen LogP contribution in [0.15, 0.2) is 24.3 Å². The molecule has 2 rings (SSSR count). The summed E-state index contributed by atoms with van der Waals surface area (Å²) >= 11 is 0. The van der Waals surface area contributed by atoms with E-state index in [1.807, 2.05) is 19.1 Å². The molecule has 3 nitrogen and oxygen atoms in total. The molecule has 1 aliphatic rings. The molecule has 0 atom stereocenters. The highest BCUT2D eigenvalue weighted by Gasteiger charge is 2.23. The Hall–Kier alpha value is -1.06. The van der Waals surface area contributed by atoms with Gasteiger partial charge in [0.25, 0.3) is 0 Å². The zero-order chi connectivity index (χ0) is 11.4. The third-order valence-electron chi connectivity index (χ3n) is 2.75. The first-order valence-electron chi connectivity index (χ1n) is 5.80. The summed E-state index contributed by atoms with van der Waals surface area (Å²) in [5.74, 6) is 0.926. The molecule has 88 valence electrons. The normalized spacial score (nSPS) is 17.1. The summed E-state index contributed by atoms with van der Waals surface area (Å²) in [6.45, 7) is 5.51. The van der Waals surface area contributed by atoms with Crippen LogP contribution < -0.4 is 4.74 Å². The molecule has 1 aromatic carbocycles. The minimum Gasteiger partial charge on any atom is -0.494 e. The summed E-state index contributed by atoms with van der Waals surface area (Å²) in [6.07, 6.45) is 0.413. The van der Waals surface area contributed by atoms with Gasteiger partial charge in [0, 0.05) is 13.1 Å². The molecule has 0 N–H and O–H groups in total. The summed E-state index contributed by atoms with van der Waals surface area (Å²) < 4.78 is 11.1. The molecule has 1 fully saturated rings. The lowest BCUT2D eigenvalue weighted by atomic mass is 10.2. The number of rotatable bonds is 5. The van der Waals surface area contributed by atoms with E-state index in [0.717, 1.165) is 18.8 Å². The summed E-state index contributed by atoms with van der Waals surface area (Å²) in [5.41, 5.74) is 1.21. The largest absolute Gasteiger partial charge is 0.494 e. The third-order valence-corrected chi connectivity index (χ3v) is 2.75.